The number of hydrogen-bond acceptors (Lipinski definition) is 5. The van der Waals surface area contributed by atoms with Gasteiger partial charge < -0.3 is 20.3 Å². The van der Waals surface area contributed by atoms with Crippen LogP contribution in [-0.4, -0.2) is 47.4 Å². The van der Waals surface area contributed by atoms with Crippen molar-refractivity contribution in [2.45, 2.75) is 405 Å². The third-order valence-corrected chi connectivity index (χ3v) is 16.6. The van der Waals surface area contributed by atoms with Gasteiger partial charge in [0.1, 0.15) is 0 Å². The number of carbonyl (C=O) groups is 2. The van der Waals surface area contributed by atoms with E-state index in [-0.39, 0.29) is 18.5 Å². The molecule has 0 aromatic carbocycles. The Balaban J connectivity index is 3.40. The number of amides is 1. The van der Waals surface area contributed by atoms with Crippen molar-refractivity contribution in [1.29, 1.82) is 0 Å². The highest BCUT2D eigenvalue weighted by atomic mass is 16.5. The SMILES string of the molecule is CCCCCCCC/C=C\CCCCCCCCCCCC(=O)OCCCCCCCCCCCCCC/C=C\CCCCCCCCCCCC(=O)NC(CO)C(O)/C=C/CCCCCCCCCCCCCCCCCC. The molecule has 0 bridgehead atoms. The maximum atomic E-state index is 12.5. The highest BCUT2D eigenvalue weighted by molar-refractivity contribution is 5.76. The number of hydrogen-bond donors (Lipinski definition) is 3. The molecule has 79 heavy (non-hydrogen) atoms. The minimum atomic E-state index is -0.847. The van der Waals surface area contributed by atoms with Crippen LogP contribution in [0.3, 0.4) is 0 Å². The maximum absolute atomic E-state index is 12.5. The molecule has 0 aliphatic rings. The van der Waals surface area contributed by atoms with E-state index in [4.69, 9.17) is 4.74 Å². The summed E-state index contributed by atoms with van der Waals surface area (Å²) in [4.78, 5) is 24.6. The van der Waals surface area contributed by atoms with Crippen molar-refractivity contribution in [2.75, 3.05) is 13.2 Å². The van der Waals surface area contributed by atoms with E-state index < -0.39 is 12.1 Å². The first-order chi connectivity index (χ1) is 39.0. The number of nitrogens with one attached hydrogen (secondary N) is 1. The van der Waals surface area contributed by atoms with Crippen molar-refractivity contribution >= 4 is 11.9 Å². The van der Waals surface area contributed by atoms with Gasteiger partial charge in [-0.25, -0.2) is 0 Å². The Morgan fingerprint density at radius 2 is 0.595 bits per heavy atom. The minimum Gasteiger partial charge on any atom is -0.466 e. The first kappa shape index (κ1) is 77.1. The van der Waals surface area contributed by atoms with Crippen LogP contribution in [0.2, 0.25) is 0 Å². The third kappa shape index (κ3) is 65.1. The Bertz CT molecular complexity index is 1280. The molecular weight excluding hydrogens is 971 g/mol. The van der Waals surface area contributed by atoms with Crippen LogP contribution in [0.15, 0.2) is 36.5 Å². The van der Waals surface area contributed by atoms with Crippen LogP contribution in [0.4, 0.5) is 0 Å². The summed E-state index contributed by atoms with van der Waals surface area (Å²) in [5, 5.41) is 23.2. The molecule has 0 saturated heterocycles. The summed E-state index contributed by atoms with van der Waals surface area (Å²) in [6.45, 7) is 4.93. The van der Waals surface area contributed by atoms with E-state index in [1.807, 2.05) is 6.08 Å². The van der Waals surface area contributed by atoms with Crippen LogP contribution in [0, 0.1) is 0 Å². The molecule has 0 aliphatic heterocycles. The quantitative estimate of drug-likeness (QED) is 0.0320. The van der Waals surface area contributed by atoms with E-state index in [1.165, 1.54) is 321 Å². The Labute approximate surface area is 494 Å². The Morgan fingerprint density at radius 1 is 0.342 bits per heavy atom. The molecular formula is C73H139NO5. The summed E-state index contributed by atoms with van der Waals surface area (Å²) < 4.78 is 5.51. The molecule has 0 heterocycles. The summed E-state index contributed by atoms with van der Waals surface area (Å²) in [5.74, 6) is -0.0550. The zero-order chi connectivity index (χ0) is 57.1. The molecule has 0 aromatic heterocycles. The lowest BCUT2D eigenvalue weighted by molar-refractivity contribution is -0.143. The molecule has 0 radical (unpaired) electrons. The fourth-order valence-electron chi connectivity index (χ4n) is 11.2. The number of allylic oxidation sites excluding steroid dienone is 5. The highest BCUT2D eigenvalue weighted by Gasteiger charge is 2.18. The van der Waals surface area contributed by atoms with E-state index in [9.17, 15) is 19.8 Å². The van der Waals surface area contributed by atoms with Crippen molar-refractivity contribution in [2.24, 2.45) is 0 Å². The molecule has 466 valence electrons. The topological polar surface area (TPSA) is 95.9 Å². The number of aliphatic hydroxyl groups excluding tert-OH is 2. The second-order valence-electron chi connectivity index (χ2n) is 24.6. The monoisotopic (exact) mass is 1110 g/mol. The number of ether oxygens (including phenoxy) is 1. The summed E-state index contributed by atoms with van der Waals surface area (Å²) in [6.07, 6.45) is 87.9. The van der Waals surface area contributed by atoms with Gasteiger partial charge in [-0.3, -0.25) is 9.59 Å². The smallest absolute Gasteiger partial charge is 0.305 e. The Kier molecular flexibility index (Phi) is 66.9. The van der Waals surface area contributed by atoms with Gasteiger partial charge in [-0.15, -0.1) is 0 Å². The first-order valence-electron chi connectivity index (χ1n) is 35.8. The summed E-state index contributed by atoms with van der Waals surface area (Å²) >= 11 is 0. The van der Waals surface area contributed by atoms with E-state index >= 15 is 0 Å². The molecule has 0 spiro atoms. The molecule has 0 fully saturated rings. The second kappa shape index (κ2) is 68.6. The normalized spacial score (nSPS) is 12.7. The third-order valence-electron chi connectivity index (χ3n) is 16.6. The molecule has 0 saturated carbocycles. The molecule has 6 nitrogen and oxygen atoms in total. The average Bonchev–Trinajstić information content (AvgIpc) is 3.45. The number of esters is 1. The van der Waals surface area contributed by atoms with Crippen LogP contribution in [0.1, 0.15) is 393 Å². The van der Waals surface area contributed by atoms with Gasteiger partial charge >= 0.3 is 5.97 Å². The Morgan fingerprint density at radius 3 is 0.899 bits per heavy atom. The molecule has 2 atom stereocenters. The summed E-state index contributed by atoms with van der Waals surface area (Å²) in [5.41, 5.74) is 0. The van der Waals surface area contributed by atoms with E-state index in [0.717, 1.165) is 44.9 Å². The van der Waals surface area contributed by atoms with Crippen molar-refractivity contribution in [3.63, 3.8) is 0 Å². The van der Waals surface area contributed by atoms with Crippen LogP contribution < -0.4 is 5.32 Å². The van der Waals surface area contributed by atoms with Crippen molar-refractivity contribution in [3.05, 3.63) is 36.5 Å². The van der Waals surface area contributed by atoms with Crippen molar-refractivity contribution in [3.8, 4) is 0 Å². The lowest BCUT2D eigenvalue weighted by atomic mass is 10.0. The Hall–Kier alpha value is -1.92. The van der Waals surface area contributed by atoms with Crippen molar-refractivity contribution < 1.29 is 24.5 Å². The van der Waals surface area contributed by atoms with Gasteiger partial charge in [-0.05, 0) is 83.5 Å². The lowest BCUT2D eigenvalue weighted by Gasteiger charge is -2.20. The number of rotatable bonds is 67. The van der Waals surface area contributed by atoms with E-state index in [2.05, 4.69) is 43.5 Å². The van der Waals surface area contributed by atoms with Gasteiger partial charge in [0.2, 0.25) is 5.91 Å². The summed E-state index contributed by atoms with van der Waals surface area (Å²) in [7, 11) is 0. The summed E-state index contributed by atoms with van der Waals surface area (Å²) in [6, 6.07) is -0.631. The minimum absolute atomic E-state index is 0.0132. The largest absolute Gasteiger partial charge is 0.466 e. The standard InChI is InChI=1S/C73H139NO5/c1-3-5-7-9-11-13-15-17-19-21-30-35-39-43-47-51-55-59-63-67-73(78)79-68-64-60-56-52-48-44-40-36-32-29-27-25-23-24-26-28-31-34-38-42-46-50-54-58-62-66-72(77)74-70(69-75)71(76)65-61-57-53-49-45-41-37-33-22-20-18-16-14-12-10-8-6-4-2/h17,19,24,26,61,65,70-71,75-76H,3-16,18,20-23,25,27-60,62-64,66-69H2,1-2H3,(H,74,77)/b19-17-,26-24-,65-61+. The molecule has 6 heteroatoms. The predicted octanol–water partition coefficient (Wildman–Crippen LogP) is 23.1. The molecule has 2 unspecified atom stereocenters. The zero-order valence-corrected chi connectivity index (χ0v) is 53.4. The van der Waals surface area contributed by atoms with Gasteiger partial charge in [0.05, 0.1) is 25.4 Å². The van der Waals surface area contributed by atoms with Gasteiger partial charge in [-0.2, -0.15) is 0 Å². The first-order valence-corrected chi connectivity index (χ1v) is 35.8. The molecule has 0 aromatic rings. The zero-order valence-electron chi connectivity index (χ0n) is 53.4. The van der Waals surface area contributed by atoms with E-state index in [0.29, 0.717) is 19.4 Å². The fraction of sp³-hybridized carbons (Fsp3) is 0.890. The van der Waals surface area contributed by atoms with Gasteiger partial charge in [-0.1, -0.05) is 333 Å². The fourth-order valence-corrected chi connectivity index (χ4v) is 11.2. The second-order valence-corrected chi connectivity index (χ2v) is 24.6. The van der Waals surface area contributed by atoms with Gasteiger partial charge in [0, 0.05) is 12.8 Å². The van der Waals surface area contributed by atoms with Crippen LogP contribution >= 0.6 is 0 Å². The number of carbonyl (C=O) groups excluding carboxylic acids is 2. The van der Waals surface area contributed by atoms with Gasteiger partial charge in [0.25, 0.3) is 0 Å². The number of unbranched alkanes of at least 4 members (excludes halogenated alkanes) is 52. The maximum Gasteiger partial charge on any atom is 0.305 e. The average molecular weight is 1110 g/mol. The van der Waals surface area contributed by atoms with Crippen LogP contribution in [0.25, 0.3) is 0 Å². The van der Waals surface area contributed by atoms with Crippen molar-refractivity contribution in [1.82, 2.24) is 5.32 Å². The molecule has 3 N–H and O–H groups in total. The predicted molar refractivity (Wildman–Crippen MR) is 347 cm³/mol. The van der Waals surface area contributed by atoms with Crippen LogP contribution in [0.5, 0.6) is 0 Å². The molecule has 1 amide bonds. The van der Waals surface area contributed by atoms with E-state index in [1.54, 1.807) is 6.08 Å². The van der Waals surface area contributed by atoms with Gasteiger partial charge in [0.15, 0.2) is 0 Å². The molecule has 0 rings (SSSR count). The number of aliphatic hydroxyl groups is 2. The van der Waals surface area contributed by atoms with Crippen LogP contribution in [-0.2, 0) is 14.3 Å². The molecule has 0 aliphatic carbocycles. The lowest BCUT2D eigenvalue weighted by Crippen LogP contribution is -2.45. The highest BCUT2D eigenvalue weighted by Crippen LogP contribution is 2.18.